The second-order valence-electron chi connectivity index (χ2n) is 18.8. The molecule has 324 valence electrons. The molecule has 0 aromatic heterocycles. The number of aromatic hydroxyl groups is 1. The maximum atomic E-state index is 14.3. The molecule has 0 saturated heterocycles. The molecule has 0 spiro atoms. The molecule has 0 radical (unpaired) electrons. The molecular weight excluding hydrogens is 781 g/mol. The van der Waals surface area contributed by atoms with E-state index in [1.165, 1.54) is 126 Å². The maximum absolute atomic E-state index is 14.3. The third-order valence-electron chi connectivity index (χ3n) is 14.4. The number of hydrogen-bond acceptors (Lipinski definition) is 5. The number of carbonyl (C=O) groups is 2. The van der Waals surface area contributed by atoms with Crippen LogP contribution in [0.3, 0.4) is 0 Å². The van der Waals surface area contributed by atoms with Crippen LogP contribution in [0.5, 0.6) is 11.5 Å². The number of benzene rings is 5. The van der Waals surface area contributed by atoms with Gasteiger partial charge in [-0.25, -0.2) is 0 Å². The lowest BCUT2D eigenvalue weighted by Gasteiger charge is -2.29. The monoisotopic (exact) mass is 846 g/mol. The zero-order chi connectivity index (χ0) is 43.2. The van der Waals surface area contributed by atoms with Crippen molar-refractivity contribution < 1.29 is 19.4 Å². The summed E-state index contributed by atoms with van der Waals surface area (Å²) < 4.78 is 6.47. The number of rotatable bonds is 16. The lowest BCUT2D eigenvalue weighted by molar-refractivity contribution is 0.0974. The van der Waals surface area contributed by atoms with Crippen molar-refractivity contribution in [3.63, 3.8) is 0 Å². The number of phenols is 1. The Balaban J connectivity index is 0.920. The van der Waals surface area contributed by atoms with Crippen molar-refractivity contribution in [2.75, 3.05) is 6.61 Å². The van der Waals surface area contributed by atoms with Gasteiger partial charge < -0.3 is 9.84 Å². The Kier molecular flexibility index (Phi) is 14.4. The Bertz CT molecular complexity index is 2320. The largest absolute Gasteiger partial charge is 0.507 e. The average Bonchev–Trinajstić information content (AvgIpc) is 3.29. The van der Waals surface area contributed by atoms with Crippen LogP contribution in [0.2, 0.25) is 0 Å². The van der Waals surface area contributed by atoms with E-state index in [0.717, 1.165) is 56.2 Å². The standard InChI is InChI=1S/C57H66O4S/c1-5-7-9-12-39-16-18-41(19-17-39)36-61-57-37(3)34-46(35-38(57)4)48-32-33-50-53(54(48)58)56(60)49-14-11-15-51(52(49)55(50)59)62-47-30-28-45(29-31-47)44-26-24-43(25-27-44)42-22-20-40(21-23-42)13-10-8-6-2/h11,14-15,24-35,39-42,58H,5-10,12-13,16-23,36H2,1-4H3. The summed E-state index contributed by atoms with van der Waals surface area (Å²) in [5.74, 6) is 3.21. The molecule has 5 aromatic rings. The summed E-state index contributed by atoms with van der Waals surface area (Å²) in [7, 11) is 0. The van der Waals surface area contributed by atoms with Crippen LogP contribution in [-0.4, -0.2) is 23.3 Å². The predicted molar refractivity (Wildman–Crippen MR) is 256 cm³/mol. The predicted octanol–water partition coefficient (Wildman–Crippen LogP) is 15.9. The van der Waals surface area contributed by atoms with Gasteiger partial charge in [0, 0.05) is 32.0 Å². The van der Waals surface area contributed by atoms with Gasteiger partial charge in [-0.1, -0.05) is 138 Å². The fraction of sp³-hybridized carbons (Fsp3) is 0.439. The average molecular weight is 847 g/mol. The number of hydrogen-bond donors (Lipinski definition) is 1. The molecule has 2 saturated carbocycles. The lowest BCUT2D eigenvalue weighted by Crippen LogP contribution is -2.22. The van der Waals surface area contributed by atoms with E-state index in [0.29, 0.717) is 28.5 Å². The summed E-state index contributed by atoms with van der Waals surface area (Å²) in [6.07, 6.45) is 21.2. The van der Waals surface area contributed by atoms with Gasteiger partial charge in [0.2, 0.25) is 0 Å². The normalized spacial score (nSPS) is 19.9. The van der Waals surface area contributed by atoms with Crippen LogP contribution in [0.1, 0.15) is 171 Å². The molecule has 0 aliphatic heterocycles. The smallest absolute Gasteiger partial charge is 0.198 e. The van der Waals surface area contributed by atoms with Crippen molar-refractivity contribution in [2.24, 2.45) is 17.8 Å². The molecule has 3 aliphatic carbocycles. The molecule has 0 bridgehead atoms. The zero-order valence-electron chi connectivity index (χ0n) is 37.6. The first kappa shape index (κ1) is 44.0. The fourth-order valence-electron chi connectivity index (χ4n) is 10.7. The van der Waals surface area contributed by atoms with E-state index in [1.54, 1.807) is 18.2 Å². The first-order valence-corrected chi connectivity index (χ1v) is 24.7. The molecule has 1 N–H and O–H groups in total. The third kappa shape index (κ3) is 9.79. The van der Waals surface area contributed by atoms with Crippen molar-refractivity contribution >= 4 is 23.3 Å². The van der Waals surface area contributed by atoms with Crippen LogP contribution in [0.25, 0.3) is 22.3 Å². The molecule has 8 rings (SSSR count). The highest BCUT2D eigenvalue weighted by Crippen LogP contribution is 2.45. The molecule has 62 heavy (non-hydrogen) atoms. The lowest BCUT2D eigenvalue weighted by atomic mass is 9.77. The molecule has 3 aliphatic rings. The van der Waals surface area contributed by atoms with Crippen molar-refractivity contribution in [3.8, 4) is 33.8 Å². The summed E-state index contributed by atoms with van der Waals surface area (Å²) in [4.78, 5) is 30.2. The van der Waals surface area contributed by atoms with Crippen LogP contribution in [-0.2, 0) is 0 Å². The number of aryl methyl sites for hydroxylation is 2. The second kappa shape index (κ2) is 20.3. The third-order valence-corrected chi connectivity index (χ3v) is 15.5. The van der Waals surface area contributed by atoms with Gasteiger partial charge in [-0.15, -0.1) is 0 Å². The molecular formula is C57H66O4S. The van der Waals surface area contributed by atoms with E-state index in [9.17, 15) is 14.7 Å². The van der Waals surface area contributed by atoms with Crippen molar-refractivity contribution in [1.82, 2.24) is 0 Å². The SMILES string of the molecule is CCCCCC1CCC(COc2c(C)cc(-c3ccc4c(c3O)C(=O)c3cccc(Sc5ccc(-c6ccc(C7CCC(CCCCC)CC7)cc6)cc5)c3C4=O)cc2C)CC1. The van der Waals surface area contributed by atoms with E-state index in [1.807, 2.05) is 38.1 Å². The van der Waals surface area contributed by atoms with Crippen LogP contribution >= 0.6 is 11.8 Å². The minimum absolute atomic E-state index is 0.0774. The molecule has 4 nitrogen and oxygen atoms in total. The summed E-state index contributed by atoms with van der Waals surface area (Å²) in [5.41, 5.74) is 8.17. The van der Waals surface area contributed by atoms with Gasteiger partial charge in [0.1, 0.15) is 11.5 Å². The minimum Gasteiger partial charge on any atom is -0.507 e. The quantitative estimate of drug-likeness (QED) is 0.0983. The highest BCUT2D eigenvalue weighted by atomic mass is 32.2. The molecule has 5 heteroatoms. The highest BCUT2D eigenvalue weighted by molar-refractivity contribution is 7.99. The first-order valence-electron chi connectivity index (χ1n) is 23.9. The van der Waals surface area contributed by atoms with Gasteiger partial charge in [0.15, 0.2) is 11.6 Å². The van der Waals surface area contributed by atoms with Crippen LogP contribution < -0.4 is 4.74 Å². The molecule has 0 unspecified atom stereocenters. The highest BCUT2D eigenvalue weighted by Gasteiger charge is 2.35. The van der Waals surface area contributed by atoms with E-state index >= 15 is 0 Å². The summed E-state index contributed by atoms with van der Waals surface area (Å²) in [6, 6.07) is 30.6. The summed E-state index contributed by atoms with van der Waals surface area (Å²) >= 11 is 1.49. The zero-order valence-corrected chi connectivity index (χ0v) is 38.4. The number of ketones is 2. The topological polar surface area (TPSA) is 63.6 Å². The molecule has 5 aromatic carbocycles. The Hall–Kier alpha value is -4.61. The molecule has 0 atom stereocenters. The van der Waals surface area contributed by atoms with E-state index in [2.05, 4.69) is 62.4 Å². The molecule has 0 amide bonds. The van der Waals surface area contributed by atoms with Gasteiger partial charge in [0.25, 0.3) is 0 Å². The molecule has 0 heterocycles. The van der Waals surface area contributed by atoms with E-state index < -0.39 is 0 Å². The number of phenolic OH excluding ortho intramolecular Hbond substituents is 1. The van der Waals surface area contributed by atoms with Crippen LogP contribution in [0.4, 0.5) is 0 Å². The second-order valence-corrected chi connectivity index (χ2v) is 19.9. The van der Waals surface area contributed by atoms with Crippen molar-refractivity contribution in [3.05, 3.63) is 130 Å². The number of carbonyl (C=O) groups excluding carboxylic acids is 2. The summed E-state index contributed by atoms with van der Waals surface area (Å²) in [5, 5.41) is 11.8. The van der Waals surface area contributed by atoms with Crippen molar-refractivity contribution in [1.29, 1.82) is 0 Å². The van der Waals surface area contributed by atoms with Gasteiger partial charge in [-0.2, -0.15) is 0 Å². The van der Waals surface area contributed by atoms with E-state index in [4.69, 9.17) is 4.74 Å². The Morgan fingerprint density at radius 3 is 1.73 bits per heavy atom. The van der Waals surface area contributed by atoms with Gasteiger partial charge in [0.05, 0.1) is 12.2 Å². The number of ether oxygens (including phenoxy) is 1. The van der Waals surface area contributed by atoms with E-state index in [-0.39, 0.29) is 28.4 Å². The summed E-state index contributed by atoms with van der Waals surface area (Å²) in [6.45, 7) is 9.37. The van der Waals surface area contributed by atoms with Crippen LogP contribution in [0, 0.1) is 31.6 Å². The number of unbranched alkanes of at least 4 members (excludes halogenated alkanes) is 4. The molecule has 2 fully saturated rings. The Morgan fingerprint density at radius 1 is 0.581 bits per heavy atom. The fourth-order valence-corrected chi connectivity index (χ4v) is 11.7. The first-order chi connectivity index (χ1) is 30.2. The van der Waals surface area contributed by atoms with Gasteiger partial charge >= 0.3 is 0 Å². The van der Waals surface area contributed by atoms with Crippen LogP contribution in [0.15, 0.2) is 101 Å². The Morgan fingerprint density at radius 2 is 1.11 bits per heavy atom. The van der Waals surface area contributed by atoms with Gasteiger partial charge in [-0.05, 0) is 152 Å². The minimum atomic E-state index is -0.330. The Labute approximate surface area is 375 Å². The number of fused-ring (bicyclic) bond motifs is 2. The van der Waals surface area contributed by atoms with Gasteiger partial charge in [-0.3, -0.25) is 9.59 Å². The maximum Gasteiger partial charge on any atom is 0.198 e. The van der Waals surface area contributed by atoms with Crippen molar-refractivity contribution in [2.45, 2.75) is 146 Å².